The number of aliphatic hydroxyl groups excluding tert-OH is 1. The number of anilines is 4. The van der Waals surface area contributed by atoms with Crippen molar-refractivity contribution >= 4 is 132 Å². The Labute approximate surface area is 778 Å². The Morgan fingerprint density at radius 2 is 0.701 bits per heavy atom. The number of nitrogens with zero attached hydrogens (tertiary/aromatic N) is 17. The Bertz CT molecular complexity index is 7450. The van der Waals surface area contributed by atoms with E-state index in [2.05, 4.69) is 186 Å². The first-order valence-electron chi connectivity index (χ1n) is 48.7. The van der Waals surface area contributed by atoms with E-state index >= 15 is 0 Å². The average Bonchev–Trinajstić information content (AvgIpc) is 1.35. The topological polar surface area (TPSA) is 353 Å². The summed E-state index contributed by atoms with van der Waals surface area (Å²) in [7, 11) is 2.21. The monoisotopic (exact) mass is 1780 g/mol. The Hall–Kier alpha value is -13.7. The van der Waals surface area contributed by atoms with E-state index in [0.717, 1.165) is 233 Å². The van der Waals surface area contributed by atoms with Crippen LogP contribution in [0.2, 0.25) is 0 Å². The molecule has 19 aromatic rings. The summed E-state index contributed by atoms with van der Waals surface area (Å²) < 4.78 is 0. The van der Waals surface area contributed by atoms with Crippen LogP contribution in [0.5, 0.6) is 0 Å². The smallest absolute Gasteiger partial charge is 0.134 e. The first-order chi connectivity index (χ1) is 66.0. The third-order valence-corrected chi connectivity index (χ3v) is 28.7. The number of aryl methyl sites for hydroxylation is 8. The summed E-state index contributed by atoms with van der Waals surface area (Å²) in [4.78, 5) is 50.7. The minimum absolute atomic E-state index is 0.200. The van der Waals surface area contributed by atoms with Gasteiger partial charge in [-0.1, -0.05) is 13.8 Å². The Balaban J connectivity index is 0.000000102. The van der Waals surface area contributed by atoms with Gasteiger partial charge in [0.1, 0.15) is 17.5 Å². The Morgan fingerprint density at radius 1 is 0.351 bits per heavy atom. The van der Waals surface area contributed by atoms with E-state index in [0.29, 0.717) is 11.6 Å². The number of nitrogen functional groups attached to an aromatic ring is 2. The number of nitrogens with two attached hydrogens (primary N) is 2. The molecular weight excluding hydrogens is 1660 g/mol. The maximum atomic E-state index is 9.01. The molecule has 0 bridgehead atoms. The van der Waals surface area contributed by atoms with Crippen molar-refractivity contribution in [2.45, 2.75) is 181 Å². The second-order valence-electron chi connectivity index (χ2n) is 37.0. The van der Waals surface area contributed by atoms with Crippen molar-refractivity contribution in [1.29, 1.82) is 0 Å². The number of aromatic nitrogens is 19. The molecule has 6 aliphatic rings. The molecule has 5 aliphatic carbocycles. The molecule has 0 spiro atoms. The van der Waals surface area contributed by atoms with Crippen molar-refractivity contribution in [3.63, 3.8) is 0 Å². The molecule has 26 nitrogen and oxygen atoms in total. The molecule has 0 unspecified atom stereocenters. The molecule has 0 atom stereocenters. The van der Waals surface area contributed by atoms with Crippen LogP contribution in [0.1, 0.15) is 170 Å². The van der Waals surface area contributed by atoms with Crippen LogP contribution in [0.25, 0.3) is 143 Å². The average molecular weight is 1780 g/mol. The van der Waals surface area contributed by atoms with Crippen molar-refractivity contribution in [3.8, 4) is 33.8 Å². The lowest BCUT2D eigenvalue weighted by molar-refractivity contribution is 0.153. The molecule has 26 heteroatoms. The second-order valence-corrected chi connectivity index (χ2v) is 37.0. The van der Waals surface area contributed by atoms with E-state index in [1.54, 1.807) is 12.3 Å². The number of aliphatic hydroxyl groups is 1. The van der Waals surface area contributed by atoms with Crippen molar-refractivity contribution in [2.75, 3.05) is 82.8 Å². The number of aromatic amines is 5. The van der Waals surface area contributed by atoms with Gasteiger partial charge in [0.15, 0.2) is 0 Å². The second kappa shape index (κ2) is 39.3. The Kier molecular flexibility index (Phi) is 25.5. The van der Waals surface area contributed by atoms with E-state index in [1.165, 1.54) is 213 Å². The highest BCUT2D eigenvalue weighted by atomic mass is 16.3. The van der Waals surface area contributed by atoms with Gasteiger partial charge in [-0.25, -0.2) is 29.9 Å². The van der Waals surface area contributed by atoms with Gasteiger partial charge in [0.2, 0.25) is 0 Å². The molecule has 11 N–H and O–H groups in total. The zero-order valence-corrected chi connectivity index (χ0v) is 77.0. The third kappa shape index (κ3) is 17.8. The quantitative estimate of drug-likeness (QED) is 0.0385. The van der Waals surface area contributed by atoms with Crippen LogP contribution in [-0.4, -0.2) is 182 Å². The minimum atomic E-state index is 0.200. The molecule has 25 rings (SSSR count). The van der Waals surface area contributed by atoms with Gasteiger partial charge in [0.05, 0.1) is 115 Å². The van der Waals surface area contributed by atoms with Gasteiger partial charge in [-0.15, -0.1) is 0 Å². The molecule has 0 saturated carbocycles. The Morgan fingerprint density at radius 3 is 1.07 bits per heavy atom. The van der Waals surface area contributed by atoms with Gasteiger partial charge < -0.3 is 36.6 Å². The first-order valence-corrected chi connectivity index (χ1v) is 48.7. The largest absolute Gasteiger partial charge is 0.396 e. The summed E-state index contributed by atoms with van der Waals surface area (Å²) in [6.07, 6.45) is 46.4. The van der Waals surface area contributed by atoms with Crippen LogP contribution in [0, 0.1) is 0 Å². The fourth-order valence-electron chi connectivity index (χ4n) is 21.7. The minimum Gasteiger partial charge on any atom is -0.396 e. The molecule has 15 heterocycles. The molecule has 14 aromatic heterocycles. The normalized spacial score (nSPS) is 15.0. The maximum absolute atomic E-state index is 9.01. The van der Waals surface area contributed by atoms with Gasteiger partial charge in [-0.2, -0.15) is 25.5 Å². The number of H-pyrrole nitrogens is 5. The molecule has 1 aliphatic heterocycles. The van der Waals surface area contributed by atoms with Crippen LogP contribution in [0.3, 0.4) is 0 Å². The summed E-state index contributed by atoms with van der Waals surface area (Å²) in [6.45, 7) is 13.9. The van der Waals surface area contributed by atoms with E-state index in [-0.39, 0.29) is 6.61 Å². The lowest BCUT2D eigenvalue weighted by atomic mass is 9.85. The van der Waals surface area contributed by atoms with Crippen molar-refractivity contribution in [1.82, 2.24) is 111 Å². The molecular formula is C108H117N25O. The zero-order valence-electron chi connectivity index (χ0n) is 77.0. The third-order valence-electron chi connectivity index (χ3n) is 28.7. The molecule has 1 saturated heterocycles. The first kappa shape index (κ1) is 87.0. The highest BCUT2D eigenvalue weighted by Crippen LogP contribution is 2.44. The molecule has 134 heavy (non-hydrogen) atoms. The number of piperazine rings is 1. The number of nitrogens with one attached hydrogen (secondary N) is 6. The SMILES string of the molecule is CCN(CC)CCCc1ccc(-c2nc3ccc4[nH]ncc4c3c3c2CCCC3)cn1.CN1CCN(CCCc2ccc(-c3nc4ccc5[nH]ncc5c4c4c3CCCC4)cn2)CC1.Nc1ccc(Nc2nc3ccc4[nH]ncc4c3c3c2CCCC3)cn1.Nc1nc2ccc3[nH]ncc3c2c2c1CCCC2.OCCCc1ccc(-c2nc3ccc4[nH]ncc4c3c3c2CCCC3)cn1. The van der Waals surface area contributed by atoms with E-state index in [9.17, 15) is 0 Å². The van der Waals surface area contributed by atoms with Crippen LogP contribution < -0.4 is 16.8 Å². The fraction of sp³-hybridized carbons (Fsp3) is 0.352. The van der Waals surface area contributed by atoms with Gasteiger partial charge in [-0.3, -0.25) is 40.4 Å². The van der Waals surface area contributed by atoms with E-state index < -0.39 is 0 Å². The van der Waals surface area contributed by atoms with E-state index in [4.69, 9.17) is 46.5 Å². The van der Waals surface area contributed by atoms with E-state index in [1.807, 2.05) is 73.8 Å². The summed E-state index contributed by atoms with van der Waals surface area (Å²) in [5, 5.41) is 61.2. The number of rotatable bonds is 18. The molecule has 0 amide bonds. The fourth-order valence-corrected chi connectivity index (χ4v) is 21.7. The number of likely N-dealkylation sites (N-methyl/N-ethyl adjacent to an activating group) is 1. The number of fused-ring (bicyclic) bond motifs is 25. The predicted octanol–water partition coefficient (Wildman–Crippen LogP) is 19.8. The van der Waals surface area contributed by atoms with Gasteiger partial charge in [0.25, 0.3) is 0 Å². The molecule has 0 radical (unpaired) electrons. The summed E-state index contributed by atoms with van der Waals surface area (Å²) in [6, 6.07) is 37.5. The number of hydrogen-bond donors (Lipinski definition) is 9. The summed E-state index contributed by atoms with van der Waals surface area (Å²) >= 11 is 0. The van der Waals surface area contributed by atoms with Gasteiger partial charge >= 0.3 is 0 Å². The molecule has 5 aromatic carbocycles. The van der Waals surface area contributed by atoms with Crippen molar-refractivity contribution < 1.29 is 5.11 Å². The standard InChI is InChI=1S/C27H32N6.C26H31N5.C22H22N4O.C19H18N6.C14H14N4/c1-32-13-15-33(16-14-32)12-4-5-20-9-8-19(17-28-20)27-22-7-3-2-6-21(22)26-23-18-29-31-24(23)10-11-25(26)30-27;1-3-31(4-2)15-7-8-19-12-11-18(16-27-19)26-21-10-6-5-9-20(21)25-22-17-28-30-23(22)13-14-24(25)29-26;27-11-3-4-15-8-7-14(12-23-15)22-17-6-2-1-5-16(17)21-18-13-24-26-19(18)9-10-20(21)25-22;20-17-8-5-11(9-21-17)23-19-13-4-2-1-3-12(13)18-14-10-22-25-15(14)6-7-16(18)24-19;15-14-9-4-2-1-3-8(9)13-10-7-16-18-11(10)5-6-12(13)17-14/h8-11,17-18H,2-7,12-16H2,1H3,(H,29,31);11-14,16-17H,3-10,15H2,1-2H3,(H,28,30);7-10,12-13,27H,1-6,11H2,(H,24,26);5-10H,1-4H2,(H2,20,21)(H,22,25)(H,23,24);5-7H,1-4H2,(H2,15,17)(H,16,18). The zero-order chi connectivity index (χ0) is 90.5. The number of benzene rings is 5. The lowest BCUT2D eigenvalue weighted by Gasteiger charge is -2.32. The molecule has 680 valence electrons. The van der Waals surface area contributed by atoms with Crippen molar-refractivity contribution in [3.05, 3.63) is 238 Å². The van der Waals surface area contributed by atoms with Crippen LogP contribution in [0.4, 0.5) is 23.1 Å². The van der Waals surface area contributed by atoms with Gasteiger partial charge in [-0.05, 0) is 365 Å². The van der Waals surface area contributed by atoms with Gasteiger partial charge in [0, 0.05) is 139 Å². The summed E-state index contributed by atoms with van der Waals surface area (Å²) in [5.41, 5.74) is 47.1. The highest BCUT2D eigenvalue weighted by molar-refractivity contribution is 6.12. The number of hydrogen-bond acceptors (Lipinski definition) is 21. The van der Waals surface area contributed by atoms with Crippen LogP contribution in [0.15, 0.2) is 165 Å². The number of pyridine rings is 9. The predicted molar refractivity (Wildman–Crippen MR) is 540 cm³/mol. The maximum Gasteiger partial charge on any atom is 0.134 e. The molecule has 1 fully saturated rings. The highest BCUT2D eigenvalue weighted by Gasteiger charge is 2.29. The van der Waals surface area contributed by atoms with Crippen LogP contribution >= 0.6 is 0 Å². The van der Waals surface area contributed by atoms with Crippen molar-refractivity contribution in [2.24, 2.45) is 0 Å². The lowest BCUT2D eigenvalue weighted by Crippen LogP contribution is -2.44. The van der Waals surface area contributed by atoms with Crippen LogP contribution in [-0.2, 0) is 83.5 Å². The summed E-state index contributed by atoms with van der Waals surface area (Å²) in [5.74, 6) is 2.15.